The second-order valence-corrected chi connectivity index (χ2v) is 10.1. The lowest BCUT2D eigenvalue weighted by Crippen LogP contribution is -2.44. The number of hydrogen-bond donors (Lipinski definition) is 2. The molecule has 3 aromatic heterocycles. The van der Waals surface area contributed by atoms with Gasteiger partial charge in [-0.05, 0) is 30.8 Å². The third kappa shape index (κ3) is 5.20. The van der Waals surface area contributed by atoms with Crippen LogP contribution in [0.2, 0.25) is 5.02 Å². The van der Waals surface area contributed by atoms with E-state index >= 15 is 0 Å². The fraction of sp³-hybridized carbons (Fsp3) is 0.286. The number of H-pyrrole nitrogens is 2. The van der Waals surface area contributed by atoms with E-state index in [-0.39, 0.29) is 0 Å². The van der Waals surface area contributed by atoms with Crippen LogP contribution in [0.25, 0.3) is 22.8 Å². The van der Waals surface area contributed by atoms with Crippen LogP contribution < -0.4 is 14.3 Å². The maximum atomic E-state index is 6.35. The van der Waals surface area contributed by atoms with Crippen molar-refractivity contribution in [2.24, 2.45) is 0 Å². The Morgan fingerprint density at radius 1 is 1.03 bits per heavy atom. The first kappa shape index (κ1) is 24.4. The Bertz CT molecular complexity index is 1560. The fourth-order valence-electron chi connectivity index (χ4n) is 4.66. The van der Waals surface area contributed by atoms with E-state index in [0.29, 0.717) is 35.3 Å². The van der Waals surface area contributed by atoms with Crippen molar-refractivity contribution in [2.45, 2.75) is 20.1 Å². The lowest BCUT2D eigenvalue weighted by atomic mass is 10.2. The van der Waals surface area contributed by atoms with Crippen LogP contribution in [0.5, 0.6) is 5.75 Å². The molecule has 0 saturated carbocycles. The summed E-state index contributed by atoms with van der Waals surface area (Å²) in [5.41, 5.74) is 5.29. The van der Waals surface area contributed by atoms with E-state index in [2.05, 4.69) is 61.7 Å². The van der Waals surface area contributed by atoms with Crippen LogP contribution >= 0.6 is 11.6 Å². The van der Waals surface area contributed by atoms with E-state index in [1.807, 2.05) is 42.6 Å². The molecule has 1 aliphatic rings. The molecule has 0 radical (unpaired) electrons. The van der Waals surface area contributed by atoms with Crippen molar-refractivity contribution in [3.8, 4) is 17.3 Å². The van der Waals surface area contributed by atoms with E-state index < -0.39 is 0 Å². The highest BCUT2D eigenvalue weighted by Gasteiger charge is 2.21. The van der Waals surface area contributed by atoms with Crippen LogP contribution in [0.1, 0.15) is 16.8 Å². The van der Waals surface area contributed by atoms with Gasteiger partial charge in [0.25, 0.3) is 0 Å². The minimum Gasteiger partial charge on any atom is -0.488 e. The van der Waals surface area contributed by atoms with Gasteiger partial charge in [0.15, 0.2) is 17.1 Å². The maximum Gasteiger partial charge on any atom is 0.205 e. The van der Waals surface area contributed by atoms with Gasteiger partial charge in [0.05, 0.1) is 11.8 Å². The number of hydrogen-bond acceptors (Lipinski definition) is 6. The number of halogens is 1. The highest BCUT2D eigenvalue weighted by Crippen LogP contribution is 2.25. The second kappa shape index (κ2) is 10.4. The van der Waals surface area contributed by atoms with Gasteiger partial charge in [-0.1, -0.05) is 41.9 Å². The monoisotopic (exact) mass is 529 g/mol. The van der Waals surface area contributed by atoms with Gasteiger partial charge in [-0.25, -0.2) is 15.0 Å². The molecule has 0 unspecified atom stereocenters. The van der Waals surface area contributed by atoms with Crippen molar-refractivity contribution in [3.05, 3.63) is 82.6 Å². The molecular weight excluding hydrogens is 500 g/mol. The number of aromatic amines is 2. The molecule has 1 aliphatic heterocycles. The number of aromatic nitrogens is 6. The standard InChI is InChI=1S/C28H29ClN8O/c1-19-14-23(26-32-27-28(33-26)31-25(16-30-27)36-12-10-35(2)11-13-36)34-37(19)17-21-15-22(29)8-9-24(21)38-18-20-6-4-3-5-7-20/h3-9,14-16H,10-13,17-18H2,1-2H3,(H,30,31,32,33,34)/p+1. The first-order valence-electron chi connectivity index (χ1n) is 12.7. The molecule has 38 heavy (non-hydrogen) atoms. The number of imidazole rings is 1. The highest BCUT2D eigenvalue weighted by atomic mass is 35.5. The molecule has 0 bridgehead atoms. The van der Waals surface area contributed by atoms with Gasteiger partial charge < -0.3 is 19.5 Å². The largest absolute Gasteiger partial charge is 0.488 e. The summed E-state index contributed by atoms with van der Waals surface area (Å²) in [5, 5.41) is 4.13. The lowest BCUT2D eigenvalue weighted by Gasteiger charge is -2.32. The zero-order valence-electron chi connectivity index (χ0n) is 21.5. The Hall–Kier alpha value is -3.95. The first-order valence-corrected chi connectivity index (χ1v) is 13.1. The normalized spacial score (nSPS) is 14.3. The summed E-state index contributed by atoms with van der Waals surface area (Å²) >= 11 is 6.35. The number of aryl methyl sites for hydroxylation is 1. The molecule has 6 rings (SSSR count). The van der Waals surface area contributed by atoms with Crippen molar-refractivity contribution >= 4 is 28.7 Å². The second-order valence-electron chi connectivity index (χ2n) is 9.70. The lowest BCUT2D eigenvalue weighted by molar-refractivity contribution is -0.747. The number of fused-ring (bicyclic) bond motifs is 1. The van der Waals surface area contributed by atoms with E-state index in [1.165, 1.54) is 0 Å². The highest BCUT2D eigenvalue weighted by molar-refractivity contribution is 6.30. The minimum atomic E-state index is 0.490. The Labute approximate surface area is 226 Å². The smallest absolute Gasteiger partial charge is 0.205 e. The van der Waals surface area contributed by atoms with Gasteiger partial charge in [0.1, 0.15) is 23.9 Å². The Morgan fingerprint density at radius 3 is 2.66 bits per heavy atom. The van der Waals surface area contributed by atoms with Crippen molar-refractivity contribution in [2.75, 3.05) is 38.1 Å². The van der Waals surface area contributed by atoms with Crippen LogP contribution in [0.4, 0.5) is 5.82 Å². The molecule has 1 fully saturated rings. The molecule has 5 aromatic rings. The molecule has 0 spiro atoms. The number of nitrogens with one attached hydrogen (secondary N) is 2. The molecule has 1 saturated heterocycles. The first-order chi connectivity index (χ1) is 18.5. The van der Waals surface area contributed by atoms with E-state index in [9.17, 15) is 0 Å². The molecule has 0 aliphatic carbocycles. The maximum absolute atomic E-state index is 6.35. The summed E-state index contributed by atoms with van der Waals surface area (Å²) in [6, 6.07) is 17.9. The Kier molecular flexibility index (Phi) is 6.70. The zero-order chi connectivity index (χ0) is 26.1. The number of nitrogens with zero attached hydrogens (tertiary/aromatic N) is 6. The molecule has 4 heterocycles. The minimum absolute atomic E-state index is 0.490. The van der Waals surface area contributed by atoms with Gasteiger partial charge in [0, 0.05) is 44.2 Å². The molecule has 2 aromatic carbocycles. The molecule has 0 atom stereocenters. The number of benzene rings is 2. The van der Waals surface area contributed by atoms with Gasteiger partial charge in [-0.3, -0.25) is 0 Å². The van der Waals surface area contributed by atoms with Crippen LogP contribution in [-0.4, -0.2) is 63.2 Å². The zero-order valence-corrected chi connectivity index (χ0v) is 22.2. The van der Waals surface area contributed by atoms with Gasteiger partial charge in [0.2, 0.25) is 12.2 Å². The predicted octanol–water partition coefficient (Wildman–Crippen LogP) is 3.98. The number of anilines is 1. The van der Waals surface area contributed by atoms with Crippen LogP contribution in [0.3, 0.4) is 0 Å². The predicted molar refractivity (Wildman–Crippen MR) is 147 cm³/mol. The number of ether oxygens (including phenoxy) is 1. The van der Waals surface area contributed by atoms with Crippen LogP contribution in [-0.2, 0) is 13.2 Å². The number of likely N-dealkylation sites (N-methyl/N-ethyl adjacent to an activating group) is 1. The summed E-state index contributed by atoms with van der Waals surface area (Å²) in [6.45, 7) is 7.02. The van der Waals surface area contributed by atoms with Gasteiger partial charge in [-0.2, -0.15) is 5.10 Å². The van der Waals surface area contributed by atoms with E-state index in [0.717, 1.165) is 60.3 Å². The third-order valence-electron chi connectivity index (χ3n) is 6.90. The molecule has 0 amide bonds. The SMILES string of the molecule is Cc1cc(-c2nc3ncc(N4CCN(C)CC4)nc3[nH]2)[nH][n+]1Cc1cc(Cl)ccc1OCc1ccccc1. The van der Waals surface area contributed by atoms with Gasteiger partial charge >= 0.3 is 0 Å². The average Bonchev–Trinajstić information content (AvgIpc) is 3.52. The quantitative estimate of drug-likeness (QED) is 0.310. The van der Waals surface area contributed by atoms with E-state index in [1.54, 1.807) is 0 Å². The van der Waals surface area contributed by atoms with Crippen molar-refractivity contribution in [1.29, 1.82) is 0 Å². The summed E-state index contributed by atoms with van der Waals surface area (Å²) in [5.74, 6) is 2.38. The molecule has 9 nitrogen and oxygen atoms in total. The van der Waals surface area contributed by atoms with Crippen LogP contribution in [0.15, 0.2) is 60.8 Å². The molecule has 2 N–H and O–H groups in total. The summed E-state index contributed by atoms with van der Waals surface area (Å²) < 4.78 is 8.22. The summed E-state index contributed by atoms with van der Waals surface area (Å²) in [6.07, 6.45) is 1.81. The van der Waals surface area contributed by atoms with Crippen molar-refractivity contribution in [1.82, 2.24) is 29.9 Å². The fourth-order valence-corrected chi connectivity index (χ4v) is 4.85. The van der Waals surface area contributed by atoms with Crippen molar-refractivity contribution in [3.63, 3.8) is 0 Å². The number of rotatable bonds is 7. The summed E-state index contributed by atoms with van der Waals surface area (Å²) in [7, 11) is 2.14. The topological polar surface area (TPSA) is 89.8 Å². The van der Waals surface area contributed by atoms with Crippen LogP contribution in [0, 0.1) is 6.92 Å². The van der Waals surface area contributed by atoms with Crippen molar-refractivity contribution < 1.29 is 9.42 Å². The Balaban J connectivity index is 1.22. The van der Waals surface area contributed by atoms with E-state index in [4.69, 9.17) is 26.3 Å². The van der Waals surface area contributed by atoms with Gasteiger partial charge in [-0.15, -0.1) is 4.68 Å². The average molecular weight is 530 g/mol. The molecular formula is C28H30ClN8O+. The third-order valence-corrected chi connectivity index (χ3v) is 7.14. The number of piperazine rings is 1. The molecule has 194 valence electrons. The Morgan fingerprint density at radius 2 is 1.84 bits per heavy atom. The molecule has 10 heteroatoms. The summed E-state index contributed by atoms with van der Waals surface area (Å²) in [4.78, 5) is 22.0.